The summed E-state index contributed by atoms with van der Waals surface area (Å²) in [7, 11) is 0. The molecular formula is C16H17FN2O6. The van der Waals surface area contributed by atoms with E-state index in [0.29, 0.717) is 24.2 Å². The number of hydrogen-bond donors (Lipinski definition) is 1. The molecule has 1 N–H and O–H groups in total. The van der Waals surface area contributed by atoms with Crippen LogP contribution in [0.3, 0.4) is 0 Å². The highest BCUT2D eigenvalue weighted by atomic mass is 19.1. The second-order valence-corrected chi connectivity index (χ2v) is 5.86. The molecule has 0 spiro atoms. The lowest BCUT2D eigenvalue weighted by Gasteiger charge is -2.32. The lowest BCUT2D eigenvalue weighted by atomic mass is 10.1. The van der Waals surface area contributed by atoms with Crippen LogP contribution in [-0.2, 0) is 25.6 Å². The number of carbonyl (C=O) groups excluding carboxylic acids is 2. The van der Waals surface area contributed by atoms with Crippen LogP contribution in [-0.4, -0.2) is 60.4 Å². The zero-order valence-electron chi connectivity index (χ0n) is 13.3. The predicted octanol–water partition coefficient (Wildman–Crippen LogP) is 0.984. The smallest absolute Gasteiger partial charge is 0.414 e. The molecular weight excluding hydrogens is 335 g/mol. The van der Waals surface area contributed by atoms with E-state index in [4.69, 9.17) is 14.6 Å². The summed E-state index contributed by atoms with van der Waals surface area (Å²) >= 11 is 0. The van der Waals surface area contributed by atoms with E-state index >= 15 is 0 Å². The zero-order valence-corrected chi connectivity index (χ0v) is 13.3. The predicted molar refractivity (Wildman–Crippen MR) is 82.5 cm³/mol. The number of nitrogens with zero attached hydrogens (tertiary/aromatic N) is 2. The Hall–Kier alpha value is -2.68. The molecule has 1 unspecified atom stereocenters. The van der Waals surface area contributed by atoms with Crippen molar-refractivity contribution in [1.29, 1.82) is 0 Å². The number of aliphatic carboxylic acids is 1. The second kappa shape index (κ2) is 7.06. The number of halogens is 1. The minimum atomic E-state index is -1.15. The van der Waals surface area contributed by atoms with Crippen molar-refractivity contribution in [3.63, 3.8) is 0 Å². The van der Waals surface area contributed by atoms with Crippen LogP contribution in [0.1, 0.15) is 12.0 Å². The summed E-state index contributed by atoms with van der Waals surface area (Å²) in [4.78, 5) is 37.7. The molecule has 134 valence electrons. The summed E-state index contributed by atoms with van der Waals surface area (Å²) in [6, 6.07) is 3.75. The van der Waals surface area contributed by atoms with E-state index in [2.05, 4.69) is 0 Å². The summed E-state index contributed by atoms with van der Waals surface area (Å²) in [6.07, 6.45) is -0.0618. The van der Waals surface area contributed by atoms with E-state index in [1.54, 1.807) is 0 Å². The Morgan fingerprint density at radius 3 is 2.92 bits per heavy atom. The third-order valence-electron chi connectivity index (χ3n) is 4.17. The molecule has 0 aromatic heterocycles. The molecule has 0 saturated carbocycles. The quantitative estimate of drug-likeness (QED) is 0.868. The Bertz CT molecular complexity index is 710. The average molecular weight is 352 g/mol. The number of anilines is 1. The first-order chi connectivity index (χ1) is 12.0. The van der Waals surface area contributed by atoms with Gasteiger partial charge in [0.25, 0.3) is 0 Å². The first kappa shape index (κ1) is 17.2. The maximum absolute atomic E-state index is 13.7. The Kier molecular flexibility index (Phi) is 4.84. The molecule has 1 atom stereocenters. The summed E-state index contributed by atoms with van der Waals surface area (Å²) in [5, 5.41) is 8.57. The normalized spacial score (nSPS) is 19.6. The van der Waals surface area contributed by atoms with Gasteiger partial charge >= 0.3 is 12.1 Å². The van der Waals surface area contributed by atoms with Gasteiger partial charge in [0.05, 0.1) is 11.7 Å². The summed E-state index contributed by atoms with van der Waals surface area (Å²) in [5.41, 5.74) is 0.994. The van der Waals surface area contributed by atoms with Crippen LogP contribution in [0.2, 0.25) is 0 Å². The fraction of sp³-hybridized carbons (Fsp3) is 0.438. The van der Waals surface area contributed by atoms with E-state index in [1.807, 2.05) is 0 Å². The molecule has 1 fully saturated rings. The Morgan fingerprint density at radius 1 is 1.36 bits per heavy atom. The molecule has 25 heavy (non-hydrogen) atoms. The van der Waals surface area contributed by atoms with E-state index < -0.39 is 24.5 Å². The van der Waals surface area contributed by atoms with Crippen LogP contribution in [0.4, 0.5) is 14.9 Å². The molecule has 1 aromatic rings. The van der Waals surface area contributed by atoms with Crippen molar-refractivity contribution >= 4 is 23.7 Å². The molecule has 9 heteroatoms. The van der Waals surface area contributed by atoms with Crippen LogP contribution >= 0.6 is 0 Å². The summed E-state index contributed by atoms with van der Waals surface area (Å²) in [5.74, 6) is -2.01. The molecule has 2 aliphatic rings. The van der Waals surface area contributed by atoms with Gasteiger partial charge in [-0.15, -0.1) is 0 Å². The molecule has 0 radical (unpaired) electrons. The summed E-state index contributed by atoms with van der Waals surface area (Å²) < 4.78 is 23.6. The molecule has 1 aromatic carbocycles. The zero-order chi connectivity index (χ0) is 18.0. The van der Waals surface area contributed by atoms with E-state index in [9.17, 15) is 18.8 Å². The number of rotatable bonds is 4. The van der Waals surface area contributed by atoms with Gasteiger partial charge < -0.3 is 19.5 Å². The molecule has 1 saturated heterocycles. The minimum Gasteiger partial charge on any atom is -0.480 e. The first-order valence-corrected chi connectivity index (χ1v) is 7.77. The highest BCUT2D eigenvalue weighted by molar-refractivity contribution is 5.91. The Morgan fingerprint density at radius 2 is 2.16 bits per heavy atom. The topological polar surface area (TPSA) is 96.4 Å². The molecule has 0 bridgehead atoms. The van der Waals surface area contributed by atoms with Gasteiger partial charge in [-0.2, -0.15) is 0 Å². The molecule has 2 amide bonds. The lowest BCUT2D eigenvalue weighted by Crippen LogP contribution is -2.43. The van der Waals surface area contributed by atoms with Crippen molar-refractivity contribution in [3.8, 4) is 0 Å². The van der Waals surface area contributed by atoms with Crippen molar-refractivity contribution in [2.45, 2.75) is 19.0 Å². The second-order valence-electron chi connectivity index (χ2n) is 5.86. The van der Waals surface area contributed by atoms with Gasteiger partial charge in [0, 0.05) is 13.1 Å². The van der Waals surface area contributed by atoms with Gasteiger partial charge in [0.15, 0.2) is 0 Å². The van der Waals surface area contributed by atoms with E-state index in [1.165, 1.54) is 28.0 Å². The fourth-order valence-corrected chi connectivity index (χ4v) is 2.98. The van der Waals surface area contributed by atoms with Crippen LogP contribution in [0.25, 0.3) is 0 Å². The molecule has 3 rings (SSSR count). The van der Waals surface area contributed by atoms with Crippen molar-refractivity contribution in [2.75, 3.05) is 31.3 Å². The number of carboxylic acids is 1. The number of cyclic esters (lactones) is 1. The third-order valence-corrected chi connectivity index (χ3v) is 4.17. The molecule has 2 heterocycles. The molecule has 8 nitrogen and oxygen atoms in total. The first-order valence-electron chi connectivity index (χ1n) is 7.77. The van der Waals surface area contributed by atoms with Crippen molar-refractivity contribution in [3.05, 3.63) is 29.6 Å². The maximum atomic E-state index is 13.7. The number of amides is 2. The number of ether oxygens (including phenoxy) is 2. The van der Waals surface area contributed by atoms with Gasteiger partial charge in [0.1, 0.15) is 25.6 Å². The highest BCUT2D eigenvalue weighted by Gasteiger charge is 2.37. The molecule has 0 aliphatic carbocycles. The Labute approximate surface area is 142 Å². The minimum absolute atomic E-state index is 0.168. The molecule has 2 aliphatic heterocycles. The fourth-order valence-electron chi connectivity index (χ4n) is 2.98. The summed E-state index contributed by atoms with van der Waals surface area (Å²) in [6.45, 7) is -0.218. The van der Waals surface area contributed by atoms with Gasteiger partial charge in [-0.3, -0.25) is 9.69 Å². The van der Waals surface area contributed by atoms with Gasteiger partial charge in [0.2, 0.25) is 5.91 Å². The average Bonchev–Trinajstić information content (AvgIpc) is 2.90. The number of carboxylic acid groups (broad SMARTS) is 1. The number of carbonyl (C=O) groups is 3. The maximum Gasteiger partial charge on any atom is 0.414 e. The van der Waals surface area contributed by atoms with Crippen LogP contribution in [0.15, 0.2) is 18.2 Å². The monoisotopic (exact) mass is 352 g/mol. The van der Waals surface area contributed by atoms with Gasteiger partial charge in [-0.05, 0) is 24.1 Å². The van der Waals surface area contributed by atoms with Crippen LogP contribution in [0.5, 0.6) is 0 Å². The lowest BCUT2D eigenvalue weighted by molar-refractivity contribution is -0.146. The standard InChI is InChI=1S/C16H17FN2O6/c17-11-2-1-10-6-18(14(20)8-24-9-15(21)22)4-3-12-7-25-16(23)19(12)13(10)5-11/h1-2,5,12H,3-4,6-9H2,(H,21,22). The van der Waals surface area contributed by atoms with Crippen molar-refractivity contribution < 1.29 is 33.4 Å². The largest absolute Gasteiger partial charge is 0.480 e. The number of fused-ring (bicyclic) bond motifs is 3. The van der Waals surface area contributed by atoms with Gasteiger partial charge in [-0.1, -0.05) is 6.07 Å². The Balaban J connectivity index is 1.82. The van der Waals surface area contributed by atoms with Crippen molar-refractivity contribution in [1.82, 2.24) is 4.90 Å². The third kappa shape index (κ3) is 3.71. The SMILES string of the molecule is O=C(O)COCC(=O)N1CCC2COC(=O)N2c2cc(F)ccc2C1. The number of benzene rings is 1. The van der Waals surface area contributed by atoms with Crippen molar-refractivity contribution in [2.24, 2.45) is 0 Å². The highest BCUT2D eigenvalue weighted by Crippen LogP contribution is 2.32. The van der Waals surface area contributed by atoms with Gasteiger partial charge in [-0.25, -0.2) is 14.0 Å². The van der Waals surface area contributed by atoms with Crippen LogP contribution < -0.4 is 4.90 Å². The number of hydrogen-bond acceptors (Lipinski definition) is 5. The van der Waals surface area contributed by atoms with E-state index in [0.717, 1.165) is 0 Å². The van der Waals surface area contributed by atoms with Crippen LogP contribution in [0, 0.1) is 5.82 Å². The van der Waals surface area contributed by atoms with E-state index in [-0.39, 0.29) is 31.7 Å².